The monoisotopic (exact) mass is 361 g/mol. The molecular weight excluding hydrogens is 330 g/mol. The van der Waals surface area contributed by atoms with Gasteiger partial charge in [0.15, 0.2) is 0 Å². The van der Waals surface area contributed by atoms with E-state index in [0.29, 0.717) is 23.5 Å². The summed E-state index contributed by atoms with van der Waals surface area (Å²) in [6.45, 7) is 5.46. The summed E-state index contributed by atoms with van der Waals surface area (Å²) in [5, 5.41) is 8.92. The fourth-order valence-corrected chi connectivity index (χ4v) is 4.12. The minimum atomic E-state index is 0.457. The second kappa shape index (κ2) is 9.72. The van der Waals surface area contributed by atoms with E-state index in [0.717, 1.165) is 6.61 Å². The molecule has 142 valence electrons. The van der Waals surface area contributed by atoms with Crippen molar-refractivity contribution in [3.63, 3.8) is 0 Å². The zero-order chi connectivity index (χ0) is 19.1. The highest BCUT2D eigenvalue weighted by Crippen LogP contribution is 2.35. The summed E-state index contributed by atoms with van der Waals surface area (Å²) in [7, 11) is 0. The van der Waals surface area contributed by atoms with Gasteiger partial charge >= 0.3 is 0 Å². The van der Waals surface area contributed by atoms with Gasteiger partial charge in [0.1, 0.15) is 0 Å². The van der Waals surface area contributed by atoms with Crippen LogP contribution in [0.2, 0.25) is 0 Å². The zero-order valence-corrected chi connectivity index (χ0v) is 16.7. The lowest BCUT2D eigenvalue weighted by atomic mass is 9.82. The molecule has 2 aromatic carbocycles. The minimum Gasteiger partial charge on any atom is -0.378 e. The molecule has 2 nitrogen and oxygen atoms in total. The lowest BCUT2D eigenvalue weighted by Crippen LogP contribution is -2.23. The van der Waals surface area contributed by atoms with Crippen LogP contribution in [0, 0.1) is 17.2 Å². The molecule has 0 heterocycles. The van der Waals surface area contributed by atoms with Crippen LogP contribution in [0.5, 0.6) is 0 Å². The van der Waals surface area contributed by atoms with Gasteiger partial charge in [-0.15, -0.1) is 0 Å². The van der Waals surface area contributed by atoms with E-state index >= 15 is 0 Å². The van der Waals surface area contributed by atoms with Crippen LogP contribution in [0.25, 0.3) is 11.1 Å². The summed E-state index contributed by atoms with van der Waals surface area (Å²) in [5.74, 6) is 1.34. The van der Waals surface area contributed by atoms with Gasteiger partial charge in [0.05, 0.1) is 17.7 Å². The van der Waals surface area contributed by atoms with E-state index in [-0.39, 0.29) is 0 Å². The summed E-state index contributed by atoms with van der Waals surface area (Å²) in [4.78, 5) is 0. The first-order valence-corrected chi connectivity index (χ1v) is 10.4. The average Bonchev–Trinajstić information content (AvgIpc) is 2.73. The molecule has 0 radical (unpaired) electrons. The van der Waals surface area contributed by atoms with E-state index in [1.807, 2.05) is 24.3 Å². The maximum absolute atomic E-state index is 8.92. The van der Waals surface area contributed by atoms with Crippen molar-refractivity contribution in [2.75, 3.05) is 6.61 Å². The Hall–Kier alpha value is -2.11. The van der Waals surface area contributed by atoms with Gasteiger partial charge in [0, 0.05) is 6.61 Å². The number of hydrogen-bond acceptors (Lipinski definition) is 2. The van der Waals surface area contributed by atoms with Gasteiger partial charge in [-0.3, -0.25) is 0 Å². The van der Waals surface area contributed by atoms with E-state index in [9.17, 15) is 0 Å². The van der Waals surface area contributed by atoms with Gasteiger partial charge in [0.25, 0.3) is 0 Å². The Bertz CT molecular complexity index is 733. The van der Waals surface area contributed by atoms with Crippen molar-refractivity contribution < 1.29 is 4.74 Å². The van der Waals surface area contributed by atoms with Crippen molar-refractivity contribution in [3.05, 3.63) is 59.7 Å². The van der Waals surface area contributed by atoms with Gasteiger partial charge in [0.2, 0.25) is 0 Å². The van der Waals surface area contributed by atoms with Crippen molar-refractivity contribution in [2.45, 2.75) is 64.4 Å². The molecule has 1 fully saturated rings. The SMILES string of the molecule is CCCC(C)COC1CCC(c2ccc(-c3ccc(C#N)cc3)cc2)CC1. The van der Waals surface area contributed by atoms with Crippen molar-refractivity contribution >= 4 is 0 Å². The van der Waals surface area contributed by atoms with Crippen LogP contribution < -0.4 is 0 Å². The molecule has 0 aromatic heterocycles. The topological polar surface area (TPSA) is 33.0 Å². The summed E-state index contributed by atoms with van der Waals surface area (Å²) in [6.07, 6.45) is 7.78. The van der Waals surface area contributed by atoms with Gasteiger partial charge in [-0.1, -0.05) is 56.7 Å². The minimum absolute atomic E-state index is 0.457. The highest BCUT2D eigenvalue weighted by molar-refractivity contribution is 5.64. The third-order valence-electron chi connectivity index (χ3n) is 5.80. The quantitative estimate of drug-likeness (QED) is 0.549. The van der Waals surface area contributed by atoms with E-state index in [1.54, 1.807) is 0 Å². The maximum Gasteiger partial charge on any atom is 0.0991 e. The highest BCUT2D eigenvalue weighted by Gasteiger charge is 2.23. The van der Waals surface area contributed by atoms with Gasteiger partial charge < -0.3 is 4.74 Å². The van der Waals surface area contributed by atoms with Gasteiger partial charge in [-0.2, -0.15) is 5.26 Å². The Morgan fingerprint density at radius 3 is 2.11 bits per heavy atom. The Balaban J connectivity index is 1.52. The first kappa shape index (κ1) is 19.6. The molecule has 27 heavy (non-hydrogen) atoms. The molecule has 0 N–H and O–H groups in total. The molecule has 1 aliphatic carbocycles. The third-order valence-corrected chi connectivity index (χ3v) is 5.80. The molecule has 0 spiro atoms. The molecule has 3 rings (SSSR count). The standard InChI is InChI=1S/C25H31NO/c1-3-4-19(2)18-27-25-15-13-24(14-16-25)23-11-9-22(10-12-23)21-7-5-20(17-26)6-8-21/h5-12,19,24-25H,3-4,13-16,18H2,1-2H3. The van der Waals surface area contributed by atoms with Crippen LogP contribution in [-0.4, -0.2) is 12.7 Å². The Morgan fingerprint density at radius 2 is 1.56 bits per heavy atom. The number of nitrogens with zero attached hydrogens (tertiary/aromatic N) is 1. The number of rotatable bonds is 7. The summed E-state index contributed by atoms with van der Waals surface area (Å²) in [6, 6.07) is 19.0. The van der Waals surface area contributed by atoms with E-state index in [4.69, 9.17) is 10.00 Å². The van der Waals surface area contributed by atoms with Crippen LogP contribution in [-0.2, 0) is 4.74 Å². The number of benzene rings is 2. The number of nitriles is 1. The highest BCUT2D eigenvalue weighted by atomic mass is 16.5. The third kappa shape index (κ3) is 5.44. The normalized spacial score (nSPS) is 20.8. The van der Waals surface area contributed by atoms with E-state index < -0.39 is 0 Å². The van der Waals surface area contributed by atoms with Gasteiger partial charge in [-0.05, 0) is 72.8 Å². The van der Waals surface area contributed by atoms with Crippen molar-refractivity contribution in [1.82, 2.24) is 0 Å². The molecule has 1 saturated carbocycles. The van der Waals surface area contributed by atoms with Crippen LogP contribution in [0.15, 0.2) is 48.5 Å². The Labute approximate surface area is 164 Å². The summed E-state index contributed by atoms with van der Waals surface area (Å²) < 4.78 is 6.15. The van der Waals surface area contributed by atoms with Crippen LogP contribution in [0.3, 0.4) is 0 Å². The molecular formula is C25H31NO. The molecule has 0 amide bonds. The molecule has 2 heteroatoms. The fourth-order valence-electron chi connectivity index (χ4n) is 4.12. The van der Waals surface area contributed by atoms with E-state index in [2.05, 4.69) is 44.2 Å². The predicted octanol–water partition coefficient (Wildman–Crippen LogP) is 6.70. The van der Waals surface area contributed by atoms with Crippen LogP contribution in [0.4, 0.5) is 0 Å². The second-order valence-electron chi connectivity index (χ2n) is 8.01. The summed E-state index contributed by atoms with van der Waals surface area (Å²) in [5.41, 5.74) is 4.53. The zero-order valence-electron chi connectivity index (χ0n) is 16.7. The molecule has 1 atom stereocenters. The second-order valence-corrected chi connectivity index (χ2v) is 8.01. The fraction of sp³-hybridized carbons (Fsp3) is 0.480. The first-order valence-electron chi connectivity index (χ1n) is 10.4. The smallest absolute Gasteiger partial charge is 0.0991 e. The maximum atomic E-state index is 8.92. The van der Waals surface area contributed by atoms with Crippen LogP contribution in [0.1, 0.15) is 69.4 Å². The van der Waals surface area contributed by atoms with Crippen molar-refractivity contribution in [3.8, 4) is 17.2 Å². The number of hydrogen-bond donors (Lipinski definition) is 0. The Kier molecular flexibility index (Phi) is 7.07. The first-order chi connectivity index (χ1) is 13.2. The van der Waals surface area contributed by atoms with Crippen molar-refractivity contribution in [1.29, 1.82) is 5.26 Å². The van der Waals surface area contributed by atoms with Crippen molar-refractivity contribution in [2.24, 2.45) is 5.92 Å². The predicted molar refractivity (Wildman–Crippen MR) is 112 cm³/mol. The molecule has 0 bridgehead atoms. The van der Waals surface area contributed by atoms with Gasteiger partial charge in [-0.25, -0.2) is 0 Å². The number of ether oxygens (including phenoxy) is 1. The molecule has 1 aliphatic rings. The summed E-state index contributed by atoms with van der Waals surface area (Å²) >= 11 is 0. The van der Waals surface area contributed by atoms with Crippen LogP contribution >= 0.6 is 0 Å². The van der Waals surface area contributed by atoms with E-state index in [1.165, 1.54) is 55.2 Å². The lowest BCUT2D eigenvalue weighted by Gasteiger charge is -2.29. The largest absolute Gasteiger partial charge is 0.378 e. The molecule has 1 unspecified atom stereocenters. The molecule has 0 saturated heterocycles. The molecule has 2 aromatic rings. The lowest BCUT2D eigenvalue weighted by molar-refractivity contribution is 0.00621. The average molecular weight is 362 g/mol. The Morgan fingerprint density at radius 1 is 0.963 bits per heavy atom. The molecule has 0 aliphatic heterocycles.